The highest BCUT2D eigenvalue weighted by Crippen LogP contribution is 2.24. The Morgan fingerprint density at radius 1 is 1.38 bits per heavy atom. The number of H-pyrrole nitrogens is 1. The van der Waals surface area contributed by atoms with E-state index in [4.69, 9.17) is 5.11 Å². The van der Waals surface area contributed by atoms with E-state index in [1.165, 1.54) is 16.8 Å². The fourth-order valence-corrected chi connectivity index (χ4v) is 2.92. The number of carboxylic acids is 1. The molecule has 0 bridgehead atoms. The highest BCUT2D eigenvalue weighted by molar-refractivity contribution is 5.84. The van der Waals surface area contributed by atoms with Gasteiger partial charge in [0.15, 0.2) is 0 Å². The highest BCUT2D eigenvalue weighted by atomic mass is 19.1. The molecule has 3 rings (SSSR count). The van der Waals surface area contributed by atoms with E-state index < -0.39 is 11.8 Å². The number of fused-ring (bicyclic) bond motifs is 1. The summed E-state index contributed by atoms with van der Waals surface area (Å²) in [6.45, 7) is 3.57. The number of rotatable bonds is 4. The summed E-state index contributed by atoms with van der Waals surface area (Å²) in [4.78, 5) is 25.9. The summed E-state index contributed by atoms with van der Waals surface area (Å²) in [5, 5.41) is 14.0. The van der Waals surface area contributed by atoms with Crippen molar-refractivity contribution in [3.8, 4) is 5.69 Å². The molecule has 1 aromatic carbocycles. The van der Waals surface area contributed by atoms with E-state index in [2.05, 4.69) is 10.1 Å². The molecule has 0 aliphatic carbocycles. The van der Waals surface area contributed by atoms with Crippen LogP contribution in [-0.2, 0) is 11.2 Å². The summed E-state index contributed by atoms with van der Waals surface area (Å²) >= 11 is 0. The van der Waals surface area contributed by atoms with E-state index in [0.29, 0.717) is 28.2 Å². The number of hydrogen-bond donors (Lipinski definition) is 2. The molecule has 6 nitrogen and oxygen atoms in total. The predicted molar refractivity (Wildman–Crippen MR) is 87.1 cm³/mol. The Labute approximate surface area is 136 Å². The van der Waals surface area contributed by atoms with Crippen LogP contribution in [0, 0.1) is 19.7 Å². The lowest BCUT2D eigenvalue weighted by molar-refractivity contribution is -0.136. The molecule has 0 atom stereocenters. The first kappa shape index (κ1) is 15.9. The third-order valence-corrected chi connectivity index (χ3v) is 4.04. The minimum atomic E-state index is -0.957. The van der Waals surface area contributed by atoms with Crippen molar-refractivity contribution in [2.75, 3.05) is 0 Å². The Bertz CT molecular complexity index is 1000. The van der Waals surface area contributed by atoms with Crippen LogP contribution in [0.4, 0.5) is 4.39 Å². The third kappa shape index (κ3) is 2.68. The number of pyridine rings is 1. The van der Waals surface area contributed by atoms with Gasteiger partial charge in [-0.05, 0) is 44.0 Å². The van der Waals surface area contributed by atoms with Crippen molar-refractivity contribution in [3.63, 3.8) is 0 Å². The van der Waals surface area contributed by atoms with Crippen LogP contribution in [0.5, 0.6) is 0 Å². The van der Waals surface area contributed by atoms with Crippen LogP contribution in [0.3, 0.4) is 0 Å². The largest absolute Gasteiger partial charge is 0.481 e. The quantitative estimate of drug-likeness (QED) is 0.770. The van der Waals surface area contributed by atoms with Crippen molar-refractivity contribution in [1.82, 2.24) is 14.8 Å². The van der Waals surface area contributed by atoms with Crippen LogP contribution in [-0.4, -0.2) is 25.8 Å². The fourth-order valence-electron chi connectivity index (χ4n) is 2.92. The van der Waals surface area contributed by atoms with Gasteiger partial charge in [0.25, 0.3) is 5.56 Å². The van der Waals surface area contributed by atoms with Gasteiger partial charge >= 0.3 is 5.97 Å². The van der Waals surface area contributed by atoms with Crippen LogP contribution >= 0.6 is 0 Å². The second-order valence-corrected chi connectivity index (χ2v) is 5.65. The van der Waals surface area contributed by atoms with Crippen molar-refractivity contribution in [3.05, 3.63) is 57.3 Å². The van der Waals surface area contributed by atoms with E-state index in [9.17, 15) is 14.0 Å². The fraction of sp³-hybridized carbons (Fsp3) is 0.235. The van der Waals surface area contributed by atoms with Crippen LogP contribution in [0.2, 0.25) is 0 Å². The second kappa shape index (κ2) is 5.92. The SMILES string of the molecule is Cc1nn(-c2cccc(F)c2)c2[nH]c(=O)c(CCC(=O)O)c(C)c12. The molecule has 3 aromatic rings. The van der Waals surface area contributed by atoms with Gasteiger partial charge in [-0.1, -0.05) is 6.07 Å². The predicted octanol–water partition coefficient (Wildman–Crippen LogP) is 2.49. The number of carbonyl (C=O) groups is 1. The molecular formula is C17H16FN3O3. The number of hydrogen-bond acceptors (Lipinski definition) is 3. The number of halogens is 1. The molecule has 124 valence electrons. The number of nitrogens with zero attached hydrogens (tertiary/aromatic N) is 2. The molecule has 0 saturated carbocycles. The Kier molecular flexibility index (Phi) is 3.92. The monoisotopic (exact) mass is 329 g/mol. The Morgan fingerprint density at radius 2 is 2.12 bits per heavy atom. The number of carboxylic acid groups (broad SMARTS) is 1. The van der Waals surface area contributed by atoms with Gasteiger partial charge in [0, 0.05) is 17.4 Å². The number of aryl methyl sites for hydroxylation is 2. The second-order valence-electron chi connectivity index (χ2n) is 5.65. The van der Waals surface area contributed by atoms with Crippen molar-refractivity contribution in [2.45, 2.75) is 26.7 Å². The van der Waals surface area contributed by atoms with Crippen molar-refractivity contribution in [1.29, 1.82) is 0 Å². The minimum Gasteiger partial charge on any atom is -0.481 e. The molecule has 2 aromatic heterocycles. The summed E-state index contributed by atoms with van der Waals surface area (Å²) in [7, 11) is 0. The van der Waals surface area contributed by atoms with Gasteiger partial charge in [0.05, 0.1) is 11.4 Å². The number of nitrogens with one attached hydrogen (secondary N) is 1. The average molecular weight is 329 g/mol. The maximum Gasteiger partial charge on any atom is 0.303 e. The third-order valence-electron chi connectivity index (χ3n) is 4.04. The molecular weight excluding hydrogens is 313 g/mol. The zero-order valence-corrected chi connectivity index (χ0v) is 13.3. The molecule has 0 radical (unpaired) electrons. The lowest BCUT2D eigenvalue weighted by Gasteiger charge is -2.07. The number of aromatic nitrogens is 3. The van der Waals surface area contributed by atoms with Gasteiger partial charge in [-0.3, -0.25) is 9.59 Å². The number of aliphatic carboxylic acids is 1. The van der Waals surface area contributed by atoms with E-state index in [1.54, 1.807) is 26.0 Å². The van der Waals surface area contributed by atoms with Crippen molar-refractivity contribution in [2.24, 2.45) is 0 Å². The van der Waals surface area contributed by atoms with E-state index in [-0.39, 0.29) is 18.4 Å². The minimum absolute atomic E-state index is 0.119. The molecule has 7 heteroatoms. The van der Waals surface area contributed by atoms with Gasteiger partial charge in [-0.15, -0.1) is 0 Å². The number of aromatic amines is 1. The Hall–Kier alpha value is -2.96. The summed E-state index contributed by atoms with van der Waals surface area (Å²) in [6, 6.07) is 5.93. The normalized spacial score (nSPS) is 11.1. The Morgan fingerprint density at radius 3 is 2.79 bits per heavy atom. The molecule has 24 heavy (non-hydrogen) atoms. The van der Waals surface area contributed by atoms with Crippen LogP contribution in [0.15, 0.2) is 29.1 Å². The number of benzene rings is 1. The van der Waals surface area contributed by atoms with Gasteiger partial charge < -0.3 is 10.1 Å². The van der Waals surface area contributed by atoms with E-state index >= 15 is 0 Å². The van der Waals surface area contributed by atoms with Gasteiger partial charge in [-0.2, -0.15) is 5.10 Å². The molecule has 0 fully saturated rings. The lowest BCUT2D eigenvalue weighted by atomic mass is 10.0. The van der Waals surface area contributed by atoms with Crippen LogP contribution in [0.25, 0.3) is 16.7 Å². The van der Waals surface area contributed by atoms with Gasteiger partial charge in [0.2, 0.25) is 0 Å². The van der Waals surface area contributed by atoms with Gasteiger partial charge in [-0.25, -0.2) is 9.07 Å². The van der Waals surface area contributed by atoms with Crippen LogP contribution in [0.1, 0.15) is 23.2 Å². The van der Waals surface area contributed by atoms with Gasteiger partial charge in [0.1, 0.15) is 11.5 Å². The zero-order valence-electron chi connectivity index (χ0n) is 13.3. The van der Waals surface area contributed by atoms with Crippen molar-refractivity contribution >= 4 is 17.0 Å². The maximum atomic E-state index is 13.5. The Balaban J connectivity index is 2.23. The summed E-state index contributed by atoms with van der Waals surface area (Å²) in [6.07, 6.45) is 0.0313. The standard InChI is InChI=1S/C17H16FN3O3/c1-9-13(6-7-14(22)23)17(24)19-16-15(9)10(2)20-21(16)12-5-3-4-11(18)8-12/h3-5,8H,6-7H2,1-2H3,(H,19,24)(H,22,23). The summed E-state index contributed by atoms with van der Waals surface area (Å²) < 4.78 is 15.0. The first-order valence-electron chi connectivity index (χ1n) is 7.47. The molecule has 0 amide bonds. The molecule has 2 heterocycles. The molecule has 2 N–H and O–H groups in total. The molecule has 0 aliphatic rings. The molecule has 0 saturated heterocycles. The van der Waals surface area contributed by atoms with Crippen molar-refractivity contribution < 1.29 is 14.3 Å². The van der Waals surface area contributed by atoms with E-state index in [1.807, 2.05) is 0 Å². The first-order chi connectivity index (χ1) is 11.4. The molecule has 0 unspecified atom stereocenters. The summed E-state index contributed by atoms with van der Waals surface area (Å²) in [5.74, 6) is -1.35. The highest BCUT2D eigenvalue weighted by Gasteiger charge is 2.17. The maximum absolute atomic E-state index is 13.5. The van der Waals surface area contributed by atoms with Crippen LogP contribution < -0.4 is 5.56 Å². The molecule has 0 aliphatic heterocycles. The summed E-state index contributed by atoms with van der Waals surface area (Å²) in [5.41, 5.74) is 2.45. The smallest absolute Gasteiger partial charge is 0.303 e. The average Bonchev–Trinajstić information content (AvgIpc) is 2.83. The first-order valence-corrected chi connectivity index (χ1v) is 7.47. The zero-order chi connectivity index (χ0) is 17.4. The lowest BCUT2D eigenvalue weighted by Crippen LogP contribution is -2.17. The topological polar surface area (TPSA) is 88.0 Å². The molecule has 0 spiro atoms. The van der Waals surface area contributed by atoms with E-state index in [0.717, 1.165) is 5.39 Å².